The molecule has 41 heavy (non-hydrogen) atoms. The van der Waals surface area contributed by atoms with Crippen molar-refractivity contribution >= 4 is 5.84 Å². The molecular weight excluding hydrogens is 502 g/mol. The van der Waals surface area contributed by atoms with Crippen LogP contribution in [0, 0.1) is 5.41 Å². The third-order valence-electron chi connectivity index (χ3n) is 7.90. The van der Waals surface area contributed by atoms with E-state index >= 15 is 0 Å². The lowest BCUT2D eigenvalue weighted by Crippen LogP contribution is -2.36. The fourth-order valence-electron chi connectivity index (χ4n) is 6.15. The van der Waals surface area contributed by atoms with E-state index in [-0.39, 0.29) is 5.84 Å². The van der Waals surface area contributed by atoms with Gasteiger partial charge in [0.15, 0.2) is 5.84 Å². The number of amidine groups is 1. The van der Waals surface area contributed by atoms with E-state index in [4.69, 9.17) is 9.73 Å². The summed E-state index contributed by atoms with van der Waals surface area (Å²) in [5.41, 5.74) is 7.02. The number of rotatable bonds is 4. The van der Waals surface area contributed by atoms with E-state index in [2.05, 4.69) is 71.7 Å². The van der Waals surface area contributed by atoms with Gasteiger partial charge in [0.25, 0.3) is 0 Å². The van der Waals surface area contributed by atoms with Crippen molar-refractivity contribution < 1.29 is 4.74 Å². The van der Waals surface area contributed by atoms with Crippen molar-refractivity contribution in [2.45, 2.75) is 18.3 Å². The minimum absolute atomic E-state index is 0.173. The Kier molecular flexibility index (Phi) is 6.29. The van der Waals surface area contributed by atoms with E-state index < -0.39 is 5.41 Å². The van der Waals surface area contributed by atoms with Crippen LogP contribution in [0.4, 0.5) is 0 Å². The van der Waals surface area contributed by atoms with Gasteiger partial charge in [-0.05, 0) is 53.8 Å². The molecule has 1 aromatic heterocycles. The molecule has 4 heteroatoms. The Bertz CT molecular complexity index is 1880. The van der Waals surface area contributed by atoms with Crippen LogP contribution < -0.4 is 10.2 Å². The molecule has 2 aliphatic rings. The molecule has 1 atom stereocenters. The molecule has 0 radical (unpaired) electrons. The van der Waals surface area contributed by atoms with Crippen molar-refractivity contribution in [3.8, 4) is 22.8 Å². The van der Waals surface area contributed by atoms with Gasteiger partial charge in [-0.1, -0.05) is 115 Å². The molecule has 5 aromatic rings. The van der Waals surface area contributed by atoms with Gasteiger partial charge in [0.1, 0.15) is 17.0 Å². The number of pyridine rings is 1. The summed E-state index contributed by atoms with van der Waals surface area (Å²) < 4.78 is 6.57. The first-order valence-electron chi connectivity index (χ1n) is 14.0. The average Bonchev–Trinajstić information content (AvgIpc) is 3.04. The molecule has 0 saturated heterocycles. The number of hydrogen-bond acceptors (Lipinski definition) is 2. The van der Waals surface area contributed by atoms with E-state index in [0.29, 0.717) is 5.49 Å². The van der Waals surface area contributed by atoms with Crippen molar-refractivity contribution in [1.82, 2.24) is 4.98 Å². The largest absolute Gasteiger partial charge is 0.457 e. The zero-order valence-electron chi connectivity index (χ0n) is 22.5. The molecule has 198 valence electrons. The van der Waals surface area contributed by atoms with E-state index in [1.807, 2.05) is 72.8 Å². The predicted molar refractivity (Wildman–Crippen MR) is 164 cm³/mol. The van der Waals surface area contributed by atoms with Crippen molar-refractivity contribution in [3.05, 3.63) is 173 Å². The maximum atomic E-state index is 9.34. The second-order valence-corrected chi connectivity index (χ2v) is 10.3. The number of allylic oxidation sites excluding steroid dienone is 4. The number of nitrogens with zero attached hydrogens (tertiary/aromatic N) is 1. The van der Waals surface area contributed by atoms with Crippen LogP contribution >= 0.6 is 0 Å². The first-order chi connectivity index (χ1) is 20.2. The topological polar surface area (TPSA) is 61.2 Å². The molecule has 7 rings (SSSR count). The van der Waals surface area contributed by atoms with Crippen LogP contribution in [-0.2, 0) is 5.41 Å². The number of aromatic nitrogens is 1. The lowest BCUT2D eigenvalue weighted by Gasteiger charge is -2.43. The van der Waals surface area contributed by atoms with E-state index in [9.17, 15) is 5.41 Å². The van der Waals surface area contributed by atoms with Crippen LogP contribution in [0.25, 0.3) is 11.3 Å². The summed E-state index contributed by atoms with van der Waals surface area (Å²) >= 11 is 0. The van der Waals surface area contributed by atoms with Gasteiger partial charge in [-0.15, -0.1) is 0 Å². The minimum atomic E-state index is -0.670. The summed E-state index contributed by atoms with van der Waals surface area (Å²) in [4.78, 5) is 8.23. The molecule has 1 aliphatic heterocycles. The summed E-state index contributed by atoms with van der Waals surface area (Å²) in [6, 6.07) is 40.9. The highest BCUT2D eigenvalue weighted by Crippen LogP contribution is 2.57. The number of nitrogens with one attached hydrogen (secondary N) is 2. The zero-order chi connectivity index (χ0) is 27.6. The maximum absolute atomic E-state index is 9.34. The quantitative estimate of drug-likeness (QED) is 0.178. The minimum Gasteiger partial charge on any atom is -0.457 e. The molecule has 0 amide bonds. The first-order valence-corrected chi connectivity index (χ1v) is 14.0. The maximum Gasteiger partial charge on any atom is 0.154 e. The van der Waals surface area contributed by atoms with E-state index in [1.165, 1.54) is 5.57 Å². The second-order valence-electron chi connectivity index (χ2n) is 10.3. The van der Waals surface area contributed by atoms with Crippen molar-refractivity contribution in [1.29, 1.82) is 5.41 Å². The Morgan fingerprint density at radius 3 is 2.27 bits per heavy atom. The average molecular weight is 532 g/mol. The molecule has 4 nitrogen and oxygen atoms in total. The monoisotopic (exact) mass is 531 g/mol. The molecule has 0 fully saturated rings. The predicted octanol–water partition coefficient (Wildman–Crippen LogP) is 8.32. The summed E-state index contributed by atoms with van der Waals surface area (Å²) in [5.74, 6) is 1.74. The molecule has 2 N–H and O–H groups in total. The highest BCUT2D eigenvalue weighted by Gasteiger charge is 2.47. The molecule has 1 aliphatic carbocycles. The molecule has 4 aromatic carbocycles. The molecular formula is C37H29N3O. The lowest BCUT2D eigenvalue weighted by atomic mass is 9.61. The van der Waals surface area contributed by atoms with Crippen LogP contribution in [0.3, 0.4) is 0 Å². The van der Waals surface area contributed by atoms with Gasteiger partial charge in [-0.3, -0.25) is 5.41 Å². The normalized spacial score (nSPS) is 17.7. The number of fused-ring (bicyclic) bond motifs is 2. The SMILES string of the molecule is N=C(/N=c1/cccc(-c2ccccc2)[nH]1)c1cccc2c1C(C1=CCCC=C1)(c1ccccc1)c1ccccc1O2. The van der Waals surface area contributed by atoms with Crippen molar-refractivity contribution in [3.63, 3.8) is 0 Å². The molecule has 0 bridgehead atoms. The standard InChI is InChI=1S/C37H29N3O/c38-36(40-34-25-13-22-31(39-34)26-14-4-1-5-15-26)29-20-12-24-33-35(29)37(27-16-6-2-7-17-27,28-18-8-3-9-19-28)30-21-10-11-23-32(30)41-33/h1-2,4-8,10-25H,3,9H2,(H2,38,39,40). The van der Waals surface area contributed by atoms with E-state index in [0.717, 1.165) is 57.9 Å². The summed E-state index contributed by atoms with van der Waals surface area (Å²) in [6.45, 7) is 0. The number of H-pyrrole nitrogens is 1. The Hall–Kier alpha value is -5.22. The molecule has 2 heterocycles. The highest BCUT2D eigenvalue weighted by atomic mass is 16.5. The number of para-hydroxylation sites is 1. The summed E-state index contributed by atoms with van der Waals surface area (Å²) in [7, 11) is 0. The third kappa shape index (κ3) is 4.25. The van der Waals surface area contributed by atoms with Crippen LogP contribution in [-0.4, -0.2) is 10.8 Å². The van der Waals surface area contributed by atoms with Gasteiger partial charge >= 0.3 is 0 Å². The summed E-state index contributed by atoms with van der Waals surface area (Å²) in [5, 5.41) is 9.34. The van der Waals surface area contributed by atoms with E-state index in [1.54, 1.807) is 0 Å². The Morgan fingerprint density at radius 1 is 0.732 bits per heavy atom. The molecule has 1 unspecified atom stereocenters. The van der Waals surface area contributed by atoms with Crippen molar-refractivity contribution in [2.24, 2.45) is 4.99 Å². The first kappa shape index (κ1) is 24.8. The number of aromatic amines is 1. The van der Waals surface area contributed by atoms with Gasteiger partial charge in [0.05, 0.1) is 5.41 Å². The molecule has 0 saturated carbocycles. The van der Waals surface area contributed by atoms with Crippen LogP contribution in [0.5, 0.6) is 11.5 Å². The number of ether oxygens (including phenoxy) is 1. The fourth-order valence-corrected chi connectivity index (χ4v) is 6.15. The van der Waals surface area contributed by atoms with Gasteiger partial charge in [-0.25, -0.2) is 4.99 Å². The Morgan fingerprint density at radius 2 is 1.46 bits per heavy atom. The van der Waals surface area contributed by atoms with Crippen LogP contribution in [0.15, 0.2) is 150 Å². The van der Waals surface area contributed by atoms with Gasteiger partial charge in [-0.2, -0.15) is 0 Å². The van der Waals surface area contributed by atoms with Gasteiger partial charge < -0.3 is 9.72 Å². The zero-order valence-corrected chi connectivity index (χ0v) is 22.5. The third-order valence-corrected chi connectivity index (χ3v) is 7.90. The highest BCUT2D eigenvalue weighted by molar-refractivity contribution is 6.00. The van der Waals surface area contributed by atoms with Gasteiger partial charge in [0.2, 0.25) is 0 Å². The smallest absolute Gasteiger partial charge is 0.154 e. The van der Waals surface area contributed by atoms with Crippen LogP contribution in [0.1, 0.15) is 35.1 Å². The Balaban J connectivity index is 1.48. The van der Waals surface area contributed by atoms with Crippen LogP contribution in [0.2, 0.25) is 0 Å². The Labute approximate surface area is 239 Å². The fraction of sp³-hybridized carbons (Fsp3) is 0.0811. The number of benzene rings is 4. The van der Waals surface area contributed by atoms with Gasteiger partial charge in [0, 0.05) is 22.4 Å². The number of hydrogen-bond donors (Lipinski definition) is 2. The van der Waals surface area contributed by atoms with Crippen molar-refractivity contribution in [2.75, 3.05) is 0 Å². The lowest BCUT2D eigenvalue weighted by molar-refractivity contribution is 0.433. The molecule has 0 spiro atoms. The summed E-state index contributed by atoms with van der Waals surface area (Å²) in [6.07, 6.45) is 8.81. The second kappa shape index (κ2) is 10.4.